The number of ether oxygens (including phenoxy) is 3. The van der Waals surface area contributed by atoms with Crippen molar-refractivity contribution in [3.05, 3.63) is 35.9 Å². The van der Waals surface area contributed by atoms with Crippen LogP contribution in [-0.2, 0) is 30.4 Å². The molecule has 0 bridgehead atoms. The molecule has 0 aromatic heterocycles. The van der Waals surface area contributed by atoms with Gasteiger partial charge in [0.15, 0.2) is 6.04 Å². The summed E-state index contributed by atoms with van der Waals surface area (Å²) in [4.78, 5) is 48.1. The van der Waals surface area contributed by atoms with E-state index in [9.17, 15) is 19.2 Å². The number of rotatable bonds is 4. The van der Waals surface area contributed by atoms with Gasteiger partial charge in [-0.1, -0.05) is 30.3 Å². The van der Waals surface area contributed by atoms with Crippen LogP contribution in [0.4, 0.5) is 9.59 Å². The van der Waals surface area contributed by atoms with E-state index in [1.807, 2.05) is 0 Å². The molecule has 0 radical (unpaired) electrons. The molecule has 0 N–H and O–H groups in total. The van der Waals surface area contributed by atoms with Crippen molar-refractivity contribution in [2.75, 3.05) is 0 Å². The fraction of sp³-hybridized carbons (Fsp3) is 0.412. The van der Waals surface area contributed by atoms with Gasteiger partial charge in [0.25, 0.3) is 0 Å². The Morgan fingerprint density at radius 3 is 2.40 bits per heavy atom. The highest BCUT2D eigenvalue weighted by atomic mass is 16.6. The van der Waals surface area contributed by atoms with Crippen LogP contribution < -0.4 is 0 Å². The largest absolute Gasteiger partial charge is 0.460 e. The van der Waals surface area contributed by atoms with Crippen molar-refractivity contribution in [1.29, 1.82) is 0 Å². The number of carbonyl (C=O) groups is 4. The lowest BCUT2D eigenvalue weighted by atomic mass is 10.1. The van der Waals surface area contributed by atoms with Crippen molar-refractivity contribution in [3.63, 3.8) is 0 Å². The Balaban J connectivity index is 2.02. The van der Waals surface area contributed by atoms with Gasteiger partial charge in [-0.2, -0.15) is 4.90 Å². The van der Waals surface area contributed by atoms with E-state index >= 15 is 0 Å². The monoisotopic (exact) mass is 349 g/mol. The smallest absolute Gasteiger partial charge is 0.427 e. The van der Waals surface area contributed by atoms with Crippen molar-refractivity contribution in [3.8, 4) is 0 Å². The summed E-state index contributed by atoms with van der Waals surface area (Å²) in [6, 6.07) is 7.41. The maximum Gasteiger partial charge on any atom is 0.427 e. The first-order valence-corrected chi connectivity index (χ1v) is 7.65. The molecule has 1 atom stereocenters. The van der Waals surface area contributed by atoms with E-state index < -0.39 is 42.2 Å². The number of imide groups is 1. The van der Waals surface area contributed by atoms with Crippen LogP contribution in [0.25, 0.3) is 0 Å². The Morgan fingerprint density at radius 1 is 1.16 bits per heavy atom. The molecule has 8 heteroatoms. The standard InChI is InChI=1S/C17H19NO7/c1-17(2,3)25-13(19)9-12-14(20)24-16(22)18(12)15(21)23-10-11-7-5-4-6-8-11/h4-8,12H,9-10H2,1-3H3. The zero-order valence-corrected chi connectivity index (χ0v) is 14.2. The predicted molar refractivity (Wildman–Crippen MR) is 84.2 cm³/mol. The van der Waals surface area contributed by atoms with E-state index in [1.54, 1.807) is 51.1 Å². The van der Waals surface area contributed by atoms with Crippen LogP contribution in [0.2, 0.25) is 0 Å². The molecule has 0 spiro atoms. The number of hydrogen-bond acceptors (Lipinski definition) is 7. The Morgan fingerprint density at radius 2 is 1.80 bits per heavy atom. The average molecular weight is 349 g/mol. The molecular formula is C17H19NO7. The molecule has 0 saturated carbocycles. The molecule has 134 valence electrons. The number of hydrogen-bond donors (Lipinski definition) is 0. The van der Waals surface area contributed by atoms with Crippen LogP contribution in [0, 0.1) is 0 Å². The highest BCUT2D eigenvalue weighted by Gasteiger charge is 2.47. The Labute approximate surface area is 144 Å². The quantitative estimate of drug-likeness (QED) is 0.467. The van der Waals surface area contributed by atoms with E-state index in [-0.39, 0.29) is 6.61 Å². The minimum Gasteiger partial charge on any atom is -0.460 e. The average Bonchev–Trinajstić information content (AvgIpc) is 2.78. The first-order valence-electron chi connectivity index (χ1n) is 7.65. The molecule has 1 fully saturated rings. The van der Waals surface area contributed by atoms with Crippen molar-refractivity contribution in [2.45, 2.75) is 45.4 Å². The Kier molecular flexibility index (Phi) is 5.41. The number of amides is 2. The number of carbonyl (C=O) groups excluding carboxylic acids is 4. The molecule has 1 aromatic carbocycles. The van der Waals surface area contributed by atoms with Gasteiger partial charge in [0.1, 0.15) is 12.2 Å². The fourth-order valence-corrected chi connectivity index (χ4v) is 2.14. The van der Waals surface area contributed by atoms with Crippen molar-refractivity contribution < 1.29 is 33.4 Å². The van der Waals surface area contributed by atoms with Crippen LogP contribution in [0.3, 0.4) is 0 Å². The normalized spacial score (nSPS) is 17.2. The summed E-state index contributed by atoms with van der Waals surface area (Å²) in [5, 5.41) is 0. The molecule has 8 nitrogen and oxygen atoms in total. The second-order valence-corrected chi connectivity index (χ2v) is 6.40. The van der Waals surface area contributed by atoms with Gasteiger partial charge >= 0.3 is 24.1 Å². The molecule has 1 aromatic rings. The van der Waals surface area contributed by atoms with Gasteiger partial charge in [-0.25, -0.2) is 14.4 Å². The molecule has 1 unspecified atom stereocenters. The lowest BCUT2D eigenvalue weighted by Gasteiger charge is -2.22. The SMILES string of the molecule is CC(C)(C)OC(=O)CC1C(=O)OC(=O)N1C(=O)OCc1ccccc1. The van der Waals surface area contributed by atoms with Gasteiger partial charge in [-0.3, -0.25) is 4.79 Å². The molecule has 25 heavy (non-hydrogen) atoms. The highest BCUT2D eigenvalue weighted by Crippen LogP contribution is 2.21. The fourth-order valence-electron chi connectivity index (χ4n) is 2.14. The summed E-state index contributed by atoms with van der Waals surface area (Å²) in [5.74, 6) is -1.72. The first kappa shape index (κ1) is 18.4. The molecule has 0 aliphatic carbocycles. The third-order valence-corrected chi connectivity index (χ3v) is 3.15. The van der Waals surface area contributed by atoms with Crippen LogP contribution in [0.1, 0.15) is 32.8 Å². The summed E-state index contributed by atoms with van der Waals surface area (Å²) in [5.41, 5.74) is -0.0548. The highest BCUT2D eigenvalue weighted by molar-refractivity contribution is 6.05. The number of benzene rings is 1. The Bertz CT molecular complexity index is 678. The van der Waals surface area contributed by atoms with Gasteiger partial charge in [-0.05, 0) is 26.3 Å². The summed E-state index contributed by atoms with van der Waals surface area (Å²) in [7, 11) is 0. The summed E-state index contributed by atoms with van der Waals surface area (Å²) < 4.78 is 14.6. The summed E-state index contributed by atoms with van der Waals surface area (Å²) >= 11 is 0. The van der Waals surface area contributed by atoms with Gasteiger partial charge in [0.2, 0.25) is 0 Å². The third kappa shape index (κ3) is 5.03. The van der Waals surface area contributed by atoms with Crippen LogP contribution in [-0.4, -0.2) is 40.7 Å². The van der Waals surface area contributed by atoms with Gasteiger partial charge in [-0.15, -0.1) is 0 Å². The van der Waals surface area contributed by atoms with Gasteiger partial charge in [0.05, 0.1) is 6.42 Å². The van der Waals surface area contributed by atoms with Crippen molar-refractivity contribution in [2.24, 2.45) is 0 Å². The maximum absolute atomic E-state index is 12.2. The van der Waals surface area contributed by atoms with Crippen LogP contribution in [0.15, 0.2) is 30.3 Å². The number of nitrogens with zero attached hydrogens (tertiary/aromatic N) is 1. The van der Waals surface area contributed by atoms with Gasteiger partial charge < -0.3 is 14.2 Å². The summed E-state index contributed by atoms with van der Waals surface area (Å²) in [6.45, 7) is 4.90. The topological polar surface area (TPSA) is 99.2 Å². The van der Waals surface area contributed by atoms with E-state index in [2.05, 4.69) is 4.74 Å². The van der Waals surface area contributed by atoms with Gasteiger partial charge in [0, 0.05) is 0 Å². The second kappa shape index (κ2) is 7.33. The molecule has 1 heterocycles. The molecule has 2 rings (SSSR count). The lowest BCUT2D eigenvalue weighted by Crippen LogP contribution is -2.42. The first-order chi connectivity index (χ1) is 11.7. The molecule has 1 aliphatic heterocycles. The van der Waals surface area contributed by atoms with E-state index in [1.165, 1.54) is 0 Å². The zero-order valence-electron chi connectivity index (χ0n) is 14.2. The maximum atomic E-state index is 12.2. The Hall–Kier alpha value is -2.90. The zero-order chi connectivity index (χ0) is 18.6. The molecule has 2 amide bonds. The van der Waals surface area contributed by atoms with E-state index in [4.69, 9.17) is 9.47 Å². The second-order valence-electron chi connectivity index (χ2n) is 6.40. The minimum absolute atomic E-state index is 0.0865. The summed E-state index contributed by atoms with van der Waals surface area (Å²) in [6.07, 6.45) is -2.73. The lowest BCUT2D eigenvalue weighted by molar-refractivity contribution is -0.157. The van der Waals surface area contributed by atoms with Crippen molar-refractivity contribution in [1.82, 2.24) is 4.90 Å². The number of esters is 2. The van der Waals surface area contributed by atoms with E-state index in [0.29, 0.717) is 10.5 Å². The minimum atomic E-state index is -1.40. The van der Waals surface area contributed by atoms with Crippen LogP contribution in [0.5, 0.6) is 0 Å². The number of cyclic esters (lactones) is 2. The van der Waals surface area contributed by atoms with E-state index in [0.717, 1.165) is 0 Å². The van der Waals surface area contributed by atoms with Crippen molar-refractivity contribution >= 4 is 24.1 Å². The molecular weight excluding hydrogens is 330 g/mol. The van der Waals surface area contributed by atoms with Crippen LogP contribution >= 0.6 is 0 Å². The third-order valence-electron chi connectivity index (χ3n) is 3.15. The molecule has 1 aliphatic rings. The predicted octanol–water partition coefficient (Wildman–Crippen LogP) is 2.40. The molecule has 1 saturated heterocycles.